The van der Waals surface area contributed by atoms with E-state index in [4.69, 9.17) is 9.47 Å². The van der Waals surface area contributed by atoms with Crippen LogP contribution in [0.15, 0.2) is 35.7 Å². The van der Waals surface area contributed by atoms with Crippen molar-refractivity contribution >= 4 is 28.7 Å². The molecule has 11 heteroatoms. The predicted molar refractivity (Wildman–Crippen MR) is 115 cm³/mol. The quantitative estimate of drug-likeness (QED) is 0.294. The number of benzene rings is 1. The molecule has 4 rings (SSSR count). The van der Waals surface area contributed by atoms with Crippen LogP contribution < -0.4 is 10.1 Å². The van der Waals surface area contributed by atoms with E-state index in [1.165, 1.54) is 18.1 Å². The molecule has 1 fully saturated rings. The standard InChI is InChI=1S/C20H25N5O5S/c1-3-31-20-23-17(21-8-11-4-6-12(29-2)7-5-11)14-18(24-20)25(10-22-14)19-16(28)15(27)13(9-26)30-19/h4-7,10,13,15-16,19,26-28H,3,8-9H2,1-2H3,(H,21,23,24)/t13-,15-,16-,19-/m1/s1. The van der Waals surface area contributed by atoms with Gasteiger partial charge in [0.1, 0.15) is 24.1 Å². The van der Waals surface area contributed by atoms with Crippen molar-refractivity contribution in [2.45, 2.75) is 43.2 Å². The van der Waals surface area contributed by atoms with Crippen LogP contribution in [0.25, 0.3) is 11.2 Å². The summed E-state index contributed by atoms with van der Waals surface area (Å²) in [5.41, 5.74) is 2.03. The number of ether oxygens (including phenoxy) is 2. The van der Waals surface area contributed by atoms with Crippen molar-refractivity contribution in [2.75, 3.05) is 24.8 Å². The normalized spacial score (nSPS) is 23.4. The molecule has 31 heavy (non-hydrogen) atoms. The lowest BCUT2D eigenvalue weighted by atomic mass is 10.1. The minimum absolute atomic E-state index is 0.401. The van der Waals surface area contributed by atoms with Crippen LogP contribution in [0.5, 0.6) is 5.75 Å². The van der Waals surface area contributed by atoms with Crippen LogP contribution in [0, 0.1) is 0 Å². The molecule has 4 atom stereocenters. The second-order valence-electron chi connectivity index (χ2n) is 7.04. The minimum Gasteiger partial charge on any atom is -0.497 e. The lowest BCUT2D eigenvalue weighted by Gasteiger charge is -2.17. The van der Waals surface area contributed by atoms with Crippen LogP contribution in [-0.2, 0) is 11.3 Å². The third kappa shape index (κ3) is 4.32. The van der Waals surface area contributed by atoms with Crippen LogP contribution in [0.2, 0.25) is 0 Å². The van der Waals surface area contributed by atoms with E-state index < -0.39 is 31.1 Å². The number of aliphatic hydroxyl groups is 3. The zero-order valence-corrected chi connectivity index (χ0v) is 18.0. The van der Waals surface area contributed by atoms with Crippen molar-refractivity contribution in [3.63, 3.8) is 0 Å². The summed E-state index contributed by atoms with van der Waals surface area (Å²) in [5.74, 6) is 2.13. The molecule has 1 aromatic carbocycles. The van der Waals surface area contributed by atoms with Gasteiger partial charge in [-0.15, -0.1) is 0 Å². The number of methoxy groups -OCH3 is 1. The number of hydrogen-bond acceptors (Lipinski definition) is 10. The molecular formula is C20H25N5O5S. The van der Waals surface area contributed by atoms with Crippen molar-refractivity contribution in [2.24, 2.45) is 0 Å². The largest absolute Gasteiger partial charge is 0.497 e. The van der Waals surface area contributed by atoms with E-state index in [1.807, 2.05) is 31.2 Å². The van der Waals surface area contributed by atoms with E-state index in [0.29, 0.717) is 28.7 Å². The molecular weight excluding hydrogens is 422 g/mol. The summed E-state index contributed by atoms with van der Waals surface area (Å²) in [6, 6.07) is 7.70. The molecule has 3 heterocycles. The lowest BCUT2D eigenvalue weighted by Crippen LogP contribution is -2.33. The second-order valence-corrected chi connectivity index (χ2v) is 8.27. The first kappa shape index (κ1) is 21.8. The Bertz CT molecular complexity index is 1030. The Morgan fingerprint density at radius 3 is 2.61 bits per heavy atom. The van der Waals surface area contributed by atoms with Crippen LogP contribution >= 0.6 is 11.8 Å². The Kier molecular flexibility index (Phi) is 6.58. The molecule has 2 aromatic heterocycles. The first-order chi connectivity index (χ1) is 15.0. The van der Waals surface area contributed by atoms with E-state index in [9.17, 15) is 15.3 Å². The van der Waals surface area contributed by atoms with Crippen LogP contribution in [0.3, 0.4) is 0 Å². The topological polar surface area (TPSA) is 135 Å². The molecule has 10 nitrogen and oxygen atoms in total. The first-order valence-corrected chi connectivity index (χ1v) is 10.9. The van der Waals surface area contributed by atoms with E-state index in [0.717, 1.165) is 17.1 Å². The van der Waals surface area contributed by atoms with E-state index >= 15 is 0 Å². The first-order valence-electron chi connectivity index (χ1n) is 9.92. The molecule has 0 spiro atoms. The Hall–Kier alpha value is -2.44. The number of nitrogens with zero attached hydrogens (tertiary/aromatic N) is 4. The SMILES string of the molecule is CCSc1nc(NCc2ccc(OC)cc2)c2ncn([C@@H]3O[C@H](CO)[C@@H](O)[C@H]3O)c2n1. The van der Waals surface area contributed by atoms with Gasteiger partial charge in [0.05, 0.1) is 20.0 Å². The highest BCUT2D eigenvalue weighted by Crippen LogP contribution is 2.33. The molecule has 1 aliphatic heterocycles. The van der Waals surface area contributed by atoms with E-state index in [2.05, 4.69) is 20.3 Å². The van der Waals surface area contributed by atoms with Gasteiger partial charge in [-0.05, 0) is 23.4 Å². The summed E-state index contributed by atoms with van der Waals surface area (Å²) in [6.45, 7) is 2.13. The number of aliphatic hydroxyl groups excluding tert-OH is 3. The van der Waals surface area contributed by atoms with Gasteiger partial charge in [0.15, 0.2) is 28.4 Å². The zero-order valence-electron chi connectivity index (χ0n) is 17.2. The molecule has 4 N–H and O–H groups in total. The molecule has 0 unspecified atom stereocenters. The number of aromatic nitrogens is 4. The van der Waals surface area contributed by atoms with E-state index in [1.54, 1.807) is 11.7 Å². The van der Waals surface area contributed by atoms with Crippen LogP contribution in [0.4, 0.5) is 5.82 Å². The third-order valence-electron chi connectivity index (χ3n) is 5.08. The summed E-state index contributed by atoms with van der Waals surface area (Å²) < 4.78 is 12.4. The van der Waals surface area contributed by atoms with Gasteiger partial charge >= 0.3 is 0 Å². The van der Waals surface area contributed by atoms with Crippen molar-refractivity contribution in [3.05, 3.63) is 36.2 Å². The fraction of sp³-hybridized carbons (Fsp3) is 0.450. The summed E-state index contributed by atoms with van der Waals surface area (Å²) in [5, 5.41) is 33.8. The highest BCUT2D eigenvalue weighted by atomic mass is 32.2. The van der Waals surface area contributed by atoms with Crippen LogP contribution in [0.1, 0.15) is 18.7 Å². The fourth-order valence-electron chi connectivity index (χ4n) is 3.44. The van der Waals surface area contributed by atoms with Crippen molar-refractivity contribution in [1.82, 2.24) is 19.5 Å². The maximum Gasteiger partial charge on any atom is 0.191 e. The Labute approximate surface area is 183 Å². The van der Waals surface area contributed by atoms with Gasteiger partial charge in [-0.1, -0.05) is 30.8 Å². The number of fused-ring (bicyclic) bond motifs is 1. The Morgan fingerprint density at radius 1 is 1.19 bits per heavy atom. The van der Waals surface area contributed by atoms with Crippen molar-refractivity contribution < 1.29 is 24.8 Å². The van der Waals surface area contributed by atoms with Gasteiger partial charge in [-0.2, -0.15) is 0 Å². The van der Waals surface area contributed by atoms with Gasteiger partial charge < -0.3 is 30.1 Å². The number of anilines is 1. The molecule has 0 radical (unpaired) electrons. The summed E-state index contributed by atoms with van der Waals surface area (Å²) in [7, 11) is 1.63. The Balaban J connectivity index is 1.65. The molecule has 0 saturated carbocycles. The van der Waals surface area contributed by atoms with Gasteiger partial charge in [-0.3, -0.25) is 4.57 Å². The zero-order chi connectivity index (χ0) is 22.0. The molecule has 3 aromatic rings. The van der Waals surface area contributed by atoms with Gasteiger partial charge in [-0.25, -0.2) is 15.0 Å². The van der Waals surface area contributed by atoms with Crippen LogP contribution in [-0.4, -0.2) is 72.6 Å². The fourth-order valence-corrected chi connectivity index (χ4v) is 4.00. The van der Waals surface area contributed by atoms with Crippen molar-refractivity contribution in [1.29, 1.82) is 0 Å². The average Bonchev–Trinajstić information content (AvgIpc) is 3.33. The molecule has 0 bridgehead atoms. The minimum atomic E-state index is -1.22. The summed E-state index contributed by atoms with van der Waals surface area (Å²) in [4.78, 5) is 13.6. The lowest BCUT2D eigenvalue weighted by molar-refractivity contribution is -0.0511. The highest BCUT2D eigenvalue weighted by Gasteiger charge is 2.44. The van der Waals surface area contributed by atoms with Gasteiger partial charge in [0.25, 0.3) is 0 Å². The number of thioether (sulfide) groups is 1. The number of imidazole rings is 1. The summed E-state index contributed by atoms with van der Waals surface area (Å²) >= 11 is 1.48. The molecule has 1 saturated heterocycles. The smallest absolute Gasteiger partial charge is 0.191 e. The maximum atomic E-state index is 10.4. The number of hydrogen-bond donors (Lipinski definition) is 4. The van der Waals surface area contributed by atoms with Gasteiger partial charge in [0.2, 0.25) is 0 Å². The second kappa shape index (κ2) is 9.37. The van der Waals surface area contributed by atoms with Gasteiger partial charge in [0, 0.05) is 6.54 Å². The molecule has 0 amide bonds. The maximum absolute atomic E-state index is 10.4. The number of rotatable bonds is 8. The van der Waals surface area contributed by atoms with Crippen molar-refractivity contribution in [3.8, 4) is 5.75 Å². The predicted octanol–water partition coefficient (Wildman–Crippen LogP) is 1.17. The van der Waals surface area contributed by atoms with E-state index in [-0.39, 0.29) is 0 Å². The third-order valence-corrected chi connectivity index (χ3v) is 5.81. The molecule has 166 valence electrons. The summed E-state index contributed by atoms with van der Waals surface area (Å²) in [6.07, 6.45) is -2.72. The monoisotopic (exact) mass is 447 g/mol. The Morgan fingerprint density at radius 2 is 1.97 bits per heavy atom. The average molecular weight is 448 g/mol. The molecule has 1 aliphatic rings. The number of nitrogens with one attached hydrogen (secondary N) is 1. The molecule has 0 aliphatic carbocycles. The highest BCUT2D eigenvalue weighted by molar-refractivity contribution is 7.99.